The normalized spacial score (nSPS) is 14.6. The van der Waals surface area contributed by atoms with E-state index >= 15 is 0 Å². The topological polar surface area (TPSA) is 53.0 Å². The average Bonchev–Trinajstić information content (AvgIpc) is 2.67. The van der Waals surface area contributed by atoms with Gasteiger partial charge in [0, 0.05) is 44.9 Å². The van der Waals surface area contributed by atoms with E-state index in [1.54, 1.807) is 12.1 Å². The van der Waals surface area contributed by atoms with Gasteiger partial charge in [-0.05, 0) is 54.3 Å². The summed E-state index contributed by atoms with van der Waals surface area (Å²) in [6.45, 7) is 4.53. The number of hydrogen-bond donors (Lipinski definition) is 1. The van der Waals surface area contributed by atoms with Crippen LogP contribution in [0.4, 0.5) is 11.4 Å². The molecule has 0 spiro atoms. The highest BCUT2D eigenvalue weighted by Gasteiger charge is 2.36. The van der Waals surface area contributed by atoms with E-state index in [2.05, 4.69) is 13.8 Å². The highest BCUT2D eigenvalue weighted by Crippen LogP contribution is 2.58. The lowest BCUT2D eigenvalue weighted by molar-refractivity contribution is 0.209. The molecule has 0 aromatic heterocycles. The van der Waals surface area contributed by atoms with Crippen LogP contribution in [0, 0.1) is 5.92 Å². The van der Waals surface area contributed by atoms with E-state index in [4.69, 9.17) is 4.52 Å². The lowest BCUT2D eigenvalue weighted by Crippen LogP contribution is -2.17. The molecule has 154 valence electrons. The van der Waals surface area contributed by atoms with Gasteiger partial charge in [-0.2, -0.15) is 0 Å². The Hall–Kier alpha value is -1.81. The second kappa shape index (κ2) is 9.60. The molecule has 0 aliphatic heterocycles. The zero-order valence-corrected chi connectivity index (χ0v) is 18.7. The first kappa shape index (κ1) is 22.5. The van der Waals surface area contributed by atoms with Gasteiger partial charge in [0.05, 0.1) is 6.61 Å². The third kappa shape index (κ3) is 5.38. The van der Waals surface area contributed by atoms with Gasteiger partial charge < -0.3 is 19.4 Å². The van der Waals surface area contributed by atoms with E-state index in [0.717, 1.165) is 17.8 Å². The first-order valence-electron chi connectivity index (χ1n) is 9.62. The van der Waals surface area contributed by atoms with Gasteiger partial charge in [0.1, 0.15) is 0 Å². The first-order chi connectivity index (χ1) is 13.1. The fourth-order valence-electron chi connectivity index (χ4n) is 2.81. The Morgan fingerprint density at radius 2 is 1.36 bits per heavy atom. The molecular weight excluding hydrogens is 371 g/mol. The first-order valence-corrected chi connectivity index (χ1v) is 11.3. The van der Waals surface area contributed by atoms with Gasteiger partial charge in [-0.15, -0.1) is 0 Å². The van der Waals surface area contributed by atoms with Gasteiger partial charge >= 0.3 is 0 Å². The van der Waals surface area contributed by atoms with Crippen molar-refractivity contribution in [3.8, 4) is 0 Å². The van der Waals surface area contributed by atoms with E-state index in [1.807, 2.05) is 74.4 Å². The van der Waals surface area contributed by atoms with Crippen molar-refractivity contribution in [2.45, 2.75) is 26.1 Å². The monoisotopic (exact) mass is 404 g/mol. The molecule has 0 radical (unpaired) electrons. The van der Waals surface area contributed by atoms with Crippen LogP contribution < -0.4 is 15.1 Å². The van der Waals surface area contributed by atoms with Crippen LogP contribution in [-0.4, -0.2) is 39.9 Å². The number of nitrogens with zero attached hydrogens (tertiary/aromatic N) is 2. The number of aliphatic hydroxyl groups is 1. The molecular formula is C22H33N2O3P. The summed E-state index contributed by atoms with van der Waals surface area (Å²) in [7, 11) is 4.31. The summed E-state index contributed by atoms with van der Waals surface area (Å²) in [5.41, 5.74) is 2.61. The number of benzene rings is 2. The van der Waals surface area contributed by atoms with Crippen LogP contribution in [0.1, 0.15) is 31.7 Å². The van der Waals surface area contributed by atoms with Crippen molar-refractivity contribution in [1.29, 1.82) is 0 Å². The van der Waals surface area contributed by atoms with Gasteiger partial charge in [0.2, 0.25) is 0 Å². The van der Waals surface area contributed by atoms with Gasteiger partial charge in [-0.3, -0.25) is 4.57 Å². The zero-order chi connectivity index (χ0) is 20.9. The minimum atomic E-state index is -3.51. The summed E-state index contributed by atoms with van der Waals surface area (Å²) in [5, 5.41) is 11.6. The summed E-state index contributed by atoms with van der Waals surface area (Å²) < 4.78 is 19.8. The van der Waals surface area contributed by atoms with Crippen molar-refractivity contribution in [3.05, 3.63) is 54.1 Å². The average molecular weight is 404 g/mol. The SMILES string of the molecule is CC(C)CCO[P@@](=O)(c1ccc(N(C)C)cc1)[C@H](O)c1ccc(N(C)C)cc1. The molecule has 0 aliphatic carbocycles. The number of rotatable bonds is 9. The Balaban J connectivity index is 2.37. The van der Waals surface area contributed by atoms with Crippen molar-refractivity contribution in [2.24, 2.45) is 5.92 Å². The molecule has 2 aromatic carbocycles. The summed E-state index contributed by atoms with van der Waals surface area (Å²) in [6, 6.07) is 14.8. The molecule has 2 atom stereocenters. The molecule has 1 N–H and O–H groups in total. The molecule has 6 heteroatoms. The minimum absolute atomic E-state index is 0.344. The van der Waals surface area contributed by atoms with Crippen LogP contribution in [0.5, 0.6) is 0 Å². The van der Waals surface area contributed by atoms with Gasteiger partial charge in [-0.25, -0.2) is 0 Å². The summed E-state index contributed by atoms with van der Waals surface area (Å²) >= 11 is 0. The molecule has 2 aromatic rings. The lowest BCUT2D eigenvalue weighted by Gasteiger charge is -2.26. The van der Waals surface area contributed by atoms with Gasteiger partial charge in [-0.1, -0.05) is 26.0 Å². The standard InChI is InChI=1S/C22H33N2O3P/c1-17(2)15-16-27-28(26,21-13-11-20(12-14-21)24(5)6)22(25)18-7-9-19(10-8-18)23(3)4/h7-14,17,22,25H,15-16H2,1-6H3/t22-,28-/m0/s1. The Morgan fingerprint density at radius 1 is 0.893 bits per heavy atom. The molecule has 2 rings (SSSR count). The highest BCUT2D eigenvalue weighted by atomic mass is 31.2. The Morgan fingerprint density at radius 3 is 1.79 bits per heavy atom. The number of hydrogen-bond acceptors (Lipinski definition) is 5. The fourth-order valence-corrected chi connectivity index (χ4v) is 4.89. The largest absolute Gasteiger partial charge is 0.378 e. The van der Waals surface area contributed by atoms with E-state index in [9.17, 15) is 9.67 Å². The number of anilines is 2. The van der Waals surface area contributed by atoms with Crippen LogP contribution in [-0.2, 0) is 9.09 Å². The van der Waals surface area contributed by atoms with Crippen molar-refractivity contribution in [3.63, 3.8) is 0 Å². The Labute approximate surface area is 169 Å². The molecule has 0 amide bonds. The fraction of sp³-hybridized carbons (Fsp3) is 0.455. The highest BCUT2D eigenvalue weighted by molar-refractivity contribution is 7.67. The van der Waals surface area contributed by atoms with Gasteiger partial charge in [0.25, 0.3) is 7.37 Å². The van der Waals surface area contributed by atoms with E-state index < -0.39 is 13.2 Å². The third-order valence-electron chi connectivity index (χ3n) is 4.73. The molecule has 0 heterocycles. The molecule has 28 heavy (non-hydrogen) atoms. The van der Waals surface area contributed by atoms with Gasteiger partial charge in [0.15, 0.2) is 5.85 Å². The molecule has 0 fully saturated rings. The maximum absolute atomic E-state index is 13.9. The van der Waals surface area contributed by atoms with Crippen LogP contribution in [0.2, 0.25) is 0 Å². The second-order valence-electron chi connectivity index (χ2n) is 7.88. The van der Waals surface area contributed by atoms with Crippen molar-refractivity contribution in [1.82, 2.24) is 0 Å². The summed E-state index contributed by atoms with van der Waals surface area (Å²) in [4.78, 5) is 3.96. The van der Waals surface area contributed by atoms with Crippen LogP contribution in [0.15, 0.2) is 48.5 Å². The second-order valence-corrected chi connectivity index (χ2v) is 10.3. The predicted molar refractivity (Wildman–Crippen MR) is 119 cm³/mol. The van der Waals surface area contributed by atoms with E-state index in [0.29, 0.717) is 23.4 Å². The Bertz CT molecular complexity index is 786. The molecule has 0 aliphatic rings. The van der Waals surface area contributed by atoms with Crippen LogP contribution in [0.25, 0.3) is 0 Å². The van der Waals surface area contributed by atoms with Crippen molar-refractivity contribution in [2.75, 3.05) is 44.6 Å². The van der Waals surface area contributed by atoms with Crippen LogP contribution in [0.3, 0.4) is 0 Å². The van der Waals surface area contributed by atoms with Crippen LogP contribution >= 0.6 is 7.37 Å². The number of aliphatic hydroxyl groups excluding tert-OH is 1. The molecule has 5 nitrogen and oxygen atoms in total. The molecule has 0 unspecified atom stereocenters. The zero-order valence-electron chi connectivity index (χ0n) is 17.8. The summed E-state index contributed by atoms with van der Waals surface area (Å²) in [5.74, 6) is -0.776. The lowest BCUT2D eigenvalue weighted by atomic mass is 10.2. The maximum atomic E-state index is 13.9. The predicted octanol–water partition coefficient (Wildman–Crippen LogP) is 4.48. The summed E-state index contributed by atoms with van der Waals surface area (Å²) in [6.07, 6.45) is 0.784. The minimum Gasteiger partial charge on any atom is -0.378 e. The Kier molecular flexibility index (Phi) is 7.70. The van der Waals surface area contributed by atoms with Crippen molar-refractivity contribution < 1.29 is 14.2 Å². The van der Waals surface area contributed by atoms with E-state index in [-0.39, 0.29) is 0 Å². The third-order valence-corrected chi connectivity index (χ3v) is 7.26. The quantitative estimate of drug-likeness (QED) is 0.625. The molecule has 0 bridgehead atoms. The molecule has 0 saturated carbocycles. The molecule has 0 saturated heterocycles. The van der Waals surface area contributed by atoms with Crippen molar-refractivity contribution >= 4 is 24.0 Å². The van der Waals surface area contributed by atoms with E-state index in [1.165, 1.54) is 0 Å². The maximum Gasteiger partial charge on any atom is 0.264 e. The smallest absolute Gasteiger partial charge is 0.264 e.